The molecule has 0 spiro atoms. The van der Waals surface area contributed by atoms with Crippen LogP contribution in [0.2, 0.25) is 0 Å². The van der Waals surface area contributed by atoms with Gasteiger partial charge in [0.2, 0.25) is 5.91 Å². The Morgan fingerprint density at radius 2 is 1.89 bits per heavy atom. The van der Waals surface area contributed by atoms with Gasteiger partial charge in [-0.2, -0.15) is 0 Å². The van der Waals surface area contributed by atoms with Crippen LogP contribution in [0.4, 0.5) is 0 Å². The number of amides is 1. The molecule has 2 aromatic carbocycles. The molecule has 0 bridgehead atoms. The van der Waals surface area contributed by atoms with Gasteiger partial charge in [0, 0.05) is 23.4 Å². The molecule has 1 amide bonds. The van der Waals surface area contributed by atoms with Crippen molar-refractivity contribution >= 4 is 41.3 Å². The fourth-order valence-electron chi connectivity index (χ4n) is 4.34. The highest BCUT2D eigenvalue weighted by Crippen LogP contribution is 2.34. The molecule has 1 aromatic heterocycles. The fraction of sp³-hybridized carbons (Fsp3) is 0.321. The van der Waals surface area contributed by atoms with Crippen molar-refractivity contribution in [3.8, 4) is 17.0 Å². The predicted molar refractivity (Wildman–Crippen MR) is 144 cm³/mol. The van der Waals surface area contributed by atoms with E-state index < -0.39 is 24.2 Å². The van der Waals surface area contributed by atoms with Gasteiger partial charge in [-0.3, -0.25) is 4.79 Å². The maximum absolute atomic E-state index is 13.1. The molecule has 0 aliphatic carbocycles. The first-order valence-corrected chi connectivity index (χ1v) is 11.8. The van der Waals surface area contributed by atoms with Crippen molar-refractivity contribution in [3.05, 3.63) is 66.7 Å². The van der Waals surface area contributed by atoms with Gasteiger partial charge in [0.1, 0.15) is 17.9 Å². The van der Waals surface area contributed by atoms with Gasteiger partial charge in [-0.15, -0.1) is 12.4 Å². The lowest BCUT2D eigenvalue weighted by atomic mass is 10.0. The van der Waals surface area contributed by atoms with Crippen molar-refractivity contribution in [2.24, 2.45) is 11.7 Å². The molecule has 1 saturated heterocycles. The third-order valence-electron chi connectivity index (χ3n) is 6.42. The zero-order chi connectivity index (χ0) is 25.1. The van der Waals surface area contributed by atoms with Crippen molar-refractivity contribution in [1.29, 1.82) is 0 Å². The summed E-state index contributed by atoms with van der Waals surface area (Å²) < 4.78 is 11.5. The Hall–Kier alpha value is -3.42. The van der Waals surface area contributed by atoms with E-state index in [1.807, 2.05) is 68.4 Å². The molecule has 36 heavy (non-hydrogen) atoms. The van der Waals surface area contributed by atoms with Crippen LogP contribution in [0.15, 0.2) is 61.2 Å². The first-order valence-electron chi connectivity index (χ1n) is 11.8. The van der Waals surface area contributed by atoms with E-state index in [1.165, 1.54) is 12.0 Å². The lowest BCUT2D eigenvalue weighted by Gasteiger charge is -2.27. The number of pyridine rings is 1. The first kappa shape index (κ1) is 27.2. The summed E-state index contributed by atoms with van der Waals surface area (Å²) in [5.74, 6) is -0.178. The number of ether oxygens (including phenoxy) is 2. The molecule has 2 heterocycles. The zero-order valence-electron chi connectivity index (χ0n) is 20.7. The average Bonchev–Trinajstić information content (AvgIpc) is 3.31. The van der Waals surface area contributed by atoms with Crippen LogP contribution in [0.25, 0.3) is 28.2 Å². The second-order valence-corrected chi connectivity index (χ2v) is 9.13. The van der Waals surface area contributed by atoms with Crippen molar-refractivity contribution in [2.75, 3.05) is 13.7 Å². The predicted octanol–water partition coefficient (Wildman–Crippen LogP) is 4.47. The quantitative estimate of drug-likeness (QED) is 0.472. The molecule has 8 heteroatoms. The maximum atomic E-state index is 13.1. The highest BCUT2D eigenvalue weighted by Gasteiger charge is 2.43. The van der Waals surface area contributed by atoms with Crippen molar-refractivity contribution < 1.29 is 19.1 Å². The van der Waals surface area contributed by atoms with E-state index in [2.05, 4.69) is 6.58 Å². The first-order chi connectivity index (χ1) is 16.8. The third kappa shape index (κ3) is 5.53. The Bertz CT molecular complexity index is 1250. The molecule has 0 unspecified atom stereocenters. The van der Waals surface area contributed by atoms with Gasteiger partial charge in [-0.1, -0.05) is 62.9 Å². The minimum Gasteiger partial charge on any atom is -0.488 e. The average molecular weight is 510 g/mol. The highest BCUT2D eigenvalue weighted by molar-refractivity contribution is 5.90. The minimum atomic E-state index is -0.743. The molecule has 1 aliphatic heterocycles. The van der Waals surface area contributed by atoms with Gasteiger partial charge in [-0.25, -0.2) is 9.78 Å². The normalized spacial score (nSPS) is 18.0. The molecule has 190 valence electrons. The second-order valence-electron chi connectivity index (χ2n) is 9.13. The van der Waals surface area contributed by atoms with Crippen molar-refractivity contribution in [1.82, 2.24) is 9.88 Å². The largest absolute Gasteiger partial charge is 0.488 e. The van der Waals surface area contributed by atoms with Gasteiger partial charge in [0.15, 0.2) is 0 Å². The Morgan fingerprint density at radius 1 is 1.17 bits per heavy atom. The van der Waals surface area contributed by atoms with E-state index >= 15 is 0 Å². The van der Waals surface area contributed by atoms with E-state index in [0.717, 1.165) is 27.7 Å². The van der Waals surface area contributed by atoms with Crippen LogP contribution < -0.4 is 10.5 Å². The van der Waals surface area contributed by atoms with Gasteiger partial charge < -0.3 is 20.1 Å². The lowest BCUT2D eigenvalue weighted by molar-refractivity contribution is -0.151. The number of aromatic nitrogens is 1. The van der Waals surface area contributed by atoms with Crippen LogP contribution in [-0.4, -0.2) is 53.6 Å². The Kier molecular flexibility index (Phi) is 8.71. The second kappa shape index (κ2) is 11.5. The number of benzene rings is 2. The van der Waals surface area contributed by atoms with E-state index in [0.29, 0.717) is 12.2 Å². The van der Waals surface area contributed by atoms with E-state index in [4.69, 9.17) is 20.2 Å². The number of rotatable bonds is 7. The number of nitrogens with two attached hydrogens (primary N) is 1. The molecule has 4 rings (SSSR count). The molecule has 2 N–H and O–H groups in total. The molecule has 0 saturated carbocycles. The Morgan fingerprint density at radius 3 is 2.53 bits per heavy atom. The fourth-order valence-corrected chi connectivity index (χ4v) is 4.34. The third-order valence-corrected chi connectivity index (χ3v) is 6.42. The number of carbonyl (C=O) groups is 2. The standard InChI is InChI=1S/C28H31N3O4.ClH/c1-5-18-11-12-22-21(13-18)25(15-23(30-22)19-9-7-6-8-10-19)35-20-14-24(28(33)34-4)31(16-20)27(32)26(29)17(2)3;/h5-13,15,17,20,24,26H,1,14,16,29H2,2-4H3;1H/t20-,24+,26+;/m1./s1. The van der Waals surface area contributed by atoms with Gasteiger partial charge in [-0.05, 0) is 23.6 Å². The number of likely N-dealkylation sites (tertiary alicyclic amines) is 1. The number of esters is 1. The molecule has 3 atom stereocenters. The summed E-state index contributed by atoms with van der Waals surface area (Å²) in [6.07, 6.45) is 1.67. The van der Waals surface area contributed by atoms with Crippen LogP contribution in [0.5, 0.6) is 5.75 Å². The van der Waals surface area contributed by atoms with E-state index in [1.54, 1.807) is 6.08 Å². The number of carbonyl (C=O) groups excluding carboxylic acids is 2. The number of hydrogen-bond donors (Lipinski definition) is 1. The number of nitrogens with zero attached hydrogens (tertiary/aromatic N) is 2. The molecule has 1 aliphatic rings. The summed E-state index contributed by atoms with van der Waals surface area (Å²) in [4.78, 5) is 31.9. The summed E-state index contributed by atoms with van der Waals surface area (Å²) >= 11 is 0. The van der Waals surface area contributed by atoms with Gasteiger partial charge >= 0.3 is 5.97 Å². The number of methoxy groups -OCH3 is 1. The summed E-state index contributed by atoms with van der Waals surface area (Å²) in [5, 5.41) is 0.834. The van der Waals surface area contributed by atoms with Crippen LogP contribution in [-0.2, 0) is 14.3 Å². The van der Waals surface area contributed by atoms with Crippen molar-refractivity contribution in [2.45, 2.75) is 38.5 Å². The molecule has 7 nitrogen and oxygen atoms in total. The van der Waals surface area contributed by atoms with Crippen LogP contribution in [0, 0.1) is 5.92 Å². The van der Waals surface area contributed by atoms with Crippen LogP contribution >= 0.6 is 12.4 Å². The van der Waals surface area contributed by atoms with Crippen LogP contribution in [0.3, 0.4) is 0 Å². The minimum absolute atomic E-state index is 0. The monoisotopic (exact) mass is 509 g/mol. The molecule has 0 radical (unpaired) electrons. The van der Waals surface area contributed by atoms with E-state index in [9.17, 15) is 9.59 Å². The topological polar surface area (TPSA) is 94.8 Å². The zero-order valence-corrected chi connectivity index (χ0v) is 21.5. The van der Waals surface area contributed by atoms with Gasteiger partial charge in [0.05, 0.1) is 30.9 Å². The SMILES string of the molecule is C=Cc1ccc2nc(-c3ccccc3)cc(O[C@@H]3C[C@@H](C(=O)OC)N(C(=O)[C@@H](N)C(C)C)C3)c2c1.Cl. The summed E-state index contributed by atoms with van der Waals surface area (Å²) in [5.41, 5.74) is 9.59. The number of fused-ring (bicyclic) bond motifs is 1. The van der Waals surface area contributed by atoms with Crippen molar-refractivity contribution in [3.63, 3.8) is 0 Å². The maximum Gasteiger partial charge on any atom is 0.328 e. The number of hydrogen-bond acceptors (Lipinski definition) is 6. The molecular weight excluding hydrogens is 478 g/mol. The highest BCUT2D eigenvalue weighted by atomic mass is 35.5. The lowest BCUT2D eigenvalue weighted by Crippen LogP contribution is -2.50. The van der Waals surface area contributed by atoms with Gasteiger partial charge in [0.25, 0.3) is 0 Å². The summed E-state index contributed by atoms with van der Waals surface area (Å²) in [7, 11) is 1.32. The van der Waals surface area contributed by atoms with E-state index in [-0.39, 0.29) is 30.8 Å². The molecular formula is C28H32ClN3O4. The Balaban J connectivity index is 0.00000361. The summed E-state index contributed by atoms with van der Waals surface area (Å²) in [6.45, 7) is 7.87. The molecule has 3 aromatic rings. The number of halogens is 1. The molecule has 1 fully saturated rings. The summed E-state index contributed by atoms with van der Waals surface area (Å²) in [6, 6.07) is 16.2. The smallest absolute Gasteiger partial charge is 0.328 e. The van der Waals surface area contributed by atoms with Crippen LogP contribution in [0.1, 0.15) is 25.8 Å². The Labute approximate surface area is 217 Å².